The second-order valence-corrected chi connectivity index (χ2v) is 36.2. The van der Waals surface area contributed by atoms with Crippen LogP contribution < -0.4 is 9.80 Å². The van der Waals surface area contributed by atoms with Gasteiger partial charge < -0.3 is 28.1 Å². The maximum absolute atomic E-state index is 2.44. The summed E-state index contributed by atoms with van der Waals surface area (Å²) < 4.78 is 9.62. The van der Waals surface area contributed by atoms with Gasteiger partial charge >= 0.3 is 0 Å². The molecule has 0 unspecified atom stereocenters. The molecule has 23 aromatic carbocycles. The molecule has 0 saturated carbocycles. The molecule has 4 aromatic heterocycles. The molecule has 0 saturated heterocycles. The minimum Gasteiger partial charge on any atom is -0.311 e. The van der Waals surface area contributed by atoms with Crippen LogP contribution in [0.4, 0.5) is 34.1 Å². The number of benzene rings is 23. The van der Waals surface area contributed by atoms with Gasteiger partial charge in [-0.1, -0.05) is 352 Å². The van der Waals surface area contributed by atoms with E-state index >= 15 is 0 Å². The van der Waals surface area contributed by atoms with Crippen LogP contribution in [-0.4, -0.2) is 18.3 Å². The van der Waals surface area contributed by atoms with Gasteiger partial charge in [0.1, 0.15) is 0 Å². The van der Waals surface area contributed by atoms with Crippen LogP contribution in [0, 0.1) is 0 Å². The van der Waals surface area contributed by atoms with Crippen molar-refractivity contribution in [3.63, 3.8) is 0 Å². The zero-order valence-corrected chi connectivity index (χ0v) is 75.3. The molecule has 0 atom stereocenters. The van der Waals surface area contributed by atoms with Crippen LogP contribution in [0.25, 0.3) is 220 Å². The molecule has 0 spiro atoms. The first kappa shape index (κ1) is 79.4. The first-order chi connectivity index (χ1) is 68.4. The number of hydrogen-bond acceptors (Lipinski definition) is 2. The van der Waals surface area contributed by atoms with Crippen molar-refractivity contribution in [2.24, 2.45) is 0 Å². The molecule has 644 valence electrons. The molecule has 138 heavy (non-hydrogen) atoms. The first-order valence-corrected chi connectivity index (χ1v) is 47.5. The van der Waals surface area contributed by atoms with Crippen molar-refractivity contribution < 1.29 is 0 Å². The van der Waals surface area contributed by atoms with Gasteiger partial charge in [-0.25, -0.2) is 0 Å². The molecule has 0 N–H and O–H groups in total. The van der Waals surface area contributed by atoms with Gasteiger partial charge in [0.15, 0.2) is 0 Å². The van der Waals surface area contributed by atoms with Crippen LogP contribution >= 0.6 is 0 Å². The van der Waals surface area contributed by atoms with Crippen molar-refractivity contribution in [3.8, 4) is 101 Å². The molecular formula is C132H86N6. The van der Waals surface area contributed by atoms with Crippen molar-refractivity contribution in [1.82, 2.24) is 18.3 Å². The molecule has 0 fully saturated rings. The van der Waals surface area contributed by atoms with Gasteiger partial charge in [0.25, 0.3) is 0 Å². The summed E-state index contributed by atoms with van der Waals surface area (Å²) in [5, 5.41) is 17.1. The van der Waals surface area contributed by atoms with Gasteiger partial charge in [0, 0.05) is 99.7 Å². The molecule has 0 bridgehead atoms. The fraction of sp³-hybridized carbons (Fsp3) is 0. The van der Waals surface area contributed by atoms with Crippen molar-refractivity contribution >= 4 is 154 Å². The van der Waals surface area contributed by atoms with Gasteiger partial charge in [0.2, 0.25) is 0 Å². The van der Waals surface area contributed by atoms with Crippen LogP contribution in [0.3, 0.4) is 0 Å². The molecule has 0 aliphatic carbocycles. The number of anilines is 6. The zero-order valence-electron chi connectivity index (χ0n) is 75.3. The van der Waals surface area contributed by atoms with Gasteiger partial charge in [-0.2, -0.15) is 0 Å². The zero-order chi connectivity index (χ0) is 90.8. The molecule has 0 radical (unpaired) electrons. The Kier molecular flexibility index (Phi) is 18.9. The van der Waals surface area contributed by atoms with Crippen molar-refractivity contribution in [1.29, 1.82) is 0 Å². The van der Waals surface area contributed by atoms with Gasteiger partial charge in [0.05, 0.1) is 49.8 Å². The molecule has 6 nitrogen and oxygen atoms in total. The summed E-state index contributed by atoms with van der Waals surface area (Å²) in [7, 11) is 0. The van der Waals surface area contributed by atoms with E-state index in [4.69, 9.17) is 0 Å². The molecule has 0 amide bonds. The summed E-state index contributed by atoms with van der Waals surface area (Å²) in [6.45, 7) is 0. The molecule has 0 aliphatic heterocycles. The monoisotopic (exact) mass is 1750 g/mol. The highest BCUT2D eigenvalue weighted by molar-refractivity contribution is 6.16. The molecule has 6 heteroatoms. The third-order valence-electron chi connectivity index (χ3n) is 28.6. The Morgan fingerprint density at radius 3 is 0.841 bits per heavy atom. The normalized spacial score (nSPS) is 11.8. The minimum absolute atomic E-state index is 1.06. The van der Waals surface area contributed by atoms with Crippen LogP contribution in [-0.2, 0) is 0 Å². The summed E-state index contributed by atoms with van der Waals surface area (Å²) >= 11 is 0. The SMILES string of the molecule is c1ccc(-n2c3ccccc3c3ccc(-c4ccc(N(c5ccc(-c6ccc(-n7c8ccccc8c8ccccc87)cc6)cc5)c5ccc(-c6cccc7c(-c8ccc9c(c8)c8ccccc8n9-c8ccc(-c9ccc(N(c%10ccc(-c%11cccc%12ccccc%11%12)cc%10)c%10ccc(-c%11ccc%12c%13ccccc%13n(-c%13ccccc%13)c%12c%11)c%11ccccc%10%11)cc9)cc8)cccc67)cc5)cc4)cc32)cc1. The van der Waals surface area contributed by atoms with E-state index in [1.165, 1.54) is 142 Å². The quantitative estimate of drug-likeness (QED) is 0.0908. The Hall–Kier alpha value is -18.4. The number of nitrogens with zero attached hydrogens (tertiary/aromatic N) is 6. The molecule has 4 heterocycles. The van der Waals surface area contributed by atoms with Crippen molar-refractivity contribution in [3.05, 3.63) is 522 Å². The number of hydrogen-bond donors (Lipinski definition) is 0. The molecule has 27 aromatic rings. The smallest absolute Gasteiger partial charge is 0.0547 e. The molecular weight excluding hydrogens is 1670 g/mol. The Morgan fingerprint density at radius 1 is 0.123 bits per heavy atom. The van der Waals surface area contributed by atoms with Crippen LogP contribution in [0.5, 0.6) is 0 Å². The number of aromatic nitrogens is 4. The highest BCUT2D eigenvalue weighted by Gasteiger charge is 2.25. The second-order valence-electron chi connectivity index (χ2n) is 36.2. The second kappa shape index (κ2) is 32.8. The third kappa shape index (κ3) is 13.3. The number of rotatable bonds is 17. The van der Waals surface area contributed by atoms with E-state index in [-0.39, 0.29) is 0 Å². The lowest BCUT2D eigenvalue weighted by atomic mass is 9.92. The van der Waals surface area contributed by atoms with Crippen LogP contribution in [0.15, 0.2) is 522 Å². The van der Waals surface area contributed by atoms with Gasteiger partial charge in [-0.05, 0) is 275 Å². The Balaban J connectivity index is 0.497. The lowest BCUT2D eigenvalue weighted by molar-refractivity contribution is 1.18. The van der Waals surface area contributed by atoms with Crippen LogP contribution in [0.1, 0.15) is 0 Å². The van der Waals surface area contributed by atoms with Gasteiger partial charge in [-0.15, -0.1) is 0 Å². The Morgan fingerprint density at radius 2 is 0.384 bits per heavy atom. The summed E-state index contributed by atoms with van der Waals surface area (Å²) in [5.74, 6) is 0. The Labute approximate surface area is 798 Å². The highest BCUT2D eigenvalue weighted by Crippen LogP contribution is 2.49. The van der Waals surface area contributed by atoms with E-state index < -0.39 is 0 Å². The van der Waals surface area contributed by atoms with E-state index in [0.717, 1.165) is 112 Å². The van der Waals surface area contributed by atoms with E-state index in [1.54, 1.807) is 0 Å². The van der Waals surface area contributed by atoms with Crippen molar-refractivity contribution in [2.45, 2.75) is 0 Å². The number of para-hydroxylation sites is 7. The van der Waals surface area contributed by atoms with E-state index in [0.29, 0.717) is 0 Å². The standard InChI is InChI=1S/C132H86N6/c1-3-26-98(27-4-1)137-126-45-18-13-35-118(126)121-79-62-95(85-131(121)137)91-56-67-101(68-57-91)133(100-65-48-87(49-66-100)89-52-71-105(72-53-89)135-124-43-16-11-33-116(124)117-34-12-17-44-125(117)135)102-75-58-94(59-76-102)109-39-22-42-113-110(40-23-41-112(109)113)96-64-82-130-123(84-96)120-37-15-20-47-128(120)136(130)106-73-54-90(55-74-106)88-50-69-103(70-51-88)134(104-77-60-93(61-78-104)108-38-21-25-92-24-7-8-30-107(92)108)129-83-81-111(114-31-9-10-32-115(114)129)97-63-80-122-119-36-14-19-46-127(119)138(132(122)86-97)99-28-5-2-6-29-99/h1-86H. The van der Waals surface area contributed by atoms with E-state index in [1.807, 2.05) is 0 Å². The highest BCUT2D eigenvalue weighted by atomic mass is 15.2. The molecule has 27 rings (SSSR count). The van der Waals surface area contributed by atoms with E-state index in [9.17, 15) is 0 Å². The average Bonchev–Trinajstić information content (AvgIpc) is 1.58. The lowest BCUT2D eigenvalue weighted by Crippen LogP contribution is -2.10. The summed E-state index contributed by atoms with van der Waals surface area (Å²) in [6.07, 6.45) is 0. The summed E-state index contributed by atoms with van der Waals surface area (Å²) in [6, 6.07) is 192. The largest absolute Gasteiger partial charge is 0.311 e. The molecule has 0 aliphatic rings. The fourth-order valence-electron chi connectivity index (χ4n) is 22.1. The predicted octanol–water partition coefficient (Wildman–Crippen LogP) is 36.1. The topological polar surface area (TPSA) is 26.2 Å². The summed E-state index contributed by atoms with van der Waals surface area (Å²) in [4.78, 5) is 4.82. The fourth-order valence-corrected chi connectivity index (χ4v) is 22.1. The third-order valence-corrected chi connectivity index (χ3v) is 28.6. The summed E-state index contributed by atoms with van der Waals surface area (Å²) in [5.41, 5.74) is 36.7. The van der Waals surface area contributed by atoms with Crippen molar-refractivity contribution in [2.75, 3.05) is 9.80 Å². The van der Waals surface area contributed by atoms with Gasteiger partial charge in [-0.3, -0.25) is 0 Å². The maximum Gasteiger partial charge on any atom is 0.0547 e. The van der Waals surface area contributed by atoms with Crippen LogP contribution in [0.2, 0.25) is 0 Å². The first-order valence-electron chi connectivity index (χ1n) is 47.5. The lowest BCUT2D eigenvalue weighted by Gasteiger charge is -2.28. The number of fused-ring (bicyclic) bond motifs is 15. The Bertz CT molecular complexity index is 9400. The minimum atomic E-state index is 1.06. The predicted molar refractivity (Wildman–Crippen MR) is 584 cm³/mol. The van der Waals surface area contributed by atoms with E-state index in [2.05, 4.69) is 550 Å². The average molecular weight is 1760 g/mol. The maximum atomic E-state index is 2.44.